The Morgan fingerprint density at radius 2 is 2.12 bits per heavy atom. The molecule has 0 aromatic carbocycles. The number of carbonyl (C=O) groups excluding carboxylic acids is 1. The molecule has 2 aromatic rings. The van der Waals surface area contributed by atoms with E-state index in [1.165, 1.54) is 36.2 Å². The van der Waals surface area contributed by atoms with Crippen molar-refractivity contribution < 1.29 is 9.21 Å². The van der Waals surface area contributed by atoms with Crippen LogP contribution in [0.2, 0.25) is 0 Å². The number of furan rings is 1. The van der Waals surface area contributed by atoms with E-state index in [2.05, 4.69) is 0 Å². The van der Waals surface area contributed by atoms with Crippen LogP contribution in [-0.2, 0) is 13.6 Å². The van der Waals surface area contributed by atoms with E-state index in [1.807, 2.05) is 0 Å². The number of carbonyl (C=O) groups is 1. The fraction of sp³-hybridized carbons (Fsp3) is 0.182. The van der Waals surface area contributed by atoms with E-state index in [-0.39, 0.29) is 12.3 Å². The topological polar surface area (TPSA) is 74.2 Å². The van der Waals surface area contributed by atoms with Crippen LogP contribution in [0.25, 0.3) is 0 Å². The van der Waals surface area contributed by atoms with Gasteiger partial charge in [0.2, 0.25) is 5.78 Å². The highest BCUT2D eigenvalue weighted by atomic mass is 16.3. The van der Waals surface area contributed by atoms with Crippen LogP contribution in [0.4, 0.5) is 0 Å². The highest BCUT2D eigenvalue weighted by molar-refractivity contribution is 5.93. The Labute approximate surface area is 95.7 Å². The largest absolute Gasteiger partial charge is 0.461 e. The highest BCUT2D eigenvalue weighted by Crippen LogP contribution is 2.01. The first-order valence-corrected chi connectivity index (χ1v) is 4.93. The molecule has 0 aliphatic heterocycles. The molecule has 2 aromatic heterocycles. The summed E-state index contributed by atoms with van der Waals surface area (Å²) in [5.41, 5.74) is -1.04. The first-order valence-electron chi connectivity index (χ1n) is 4.93. The number of nitrogens with zero attached hydrogens (tertiary/aromatic N) is 2. The van der Waals surface area contributed by atoms with Gasteiger partial charge < -0.3 is 8.98 Å². The second-order valence-corrected chi connectivity index (χ2v) is 3.53. The van der Waals surface area contributed by atoms with Crippen LogP contribution in [-0.4, -0.2) is 14.9 Å². The molecule has 0 radical (unpaired) electrons. The summed E-state index contributed by atoms with van der Waals surface area (Å²) in [6.07, 6.45) is 2.72. The zero-order chi connectivity index (χ0) is 12.4. The highest BCUT2D eigenvalue weighted by Gasteiger charge is 2.12. The summed E-state index contributed by atoms with van der Waals surface area (Å²) in [6, 6.07) is 4.29. The lowest BCUT2D eigenvalue weighted by Crippen LogP contribution is -2.39. The van der Waals surface area contributed by atoms with E-state index in [9.17, 15) is 14.4 Å². The summed E-state index contributed by atoms with van der Waals surface area (Å²) in [5.74, 6) is -0.289. The molecule has 2 rings (SSSR count). The molecule has 88 valence electrons. The number of rotatable bonds is 3. The van der Waals surface area contributed by atoms with Crippen LogP contribution < -0.4 is 11.2 Å². The molecule has 17 heavy (non-hydrogen) atoms. The van der Waals surface area contributed by atoms with Crippen molar-refractivity contribution in [2.45, 2.75) is 6.54 Å². The lowest BCUT2D eigenvalue weighted by molar-refractivity contribution is 0.0941. The molecule has 0 amide bonds. The van der Waals surface area contributed by atoms with Crippen LogP contribution in [0.3, 0.4) is 0 Å². The Hall–Kier alpha value is -2.37. The minimum atomic E-state index is -0.530. The van der Waals surface area contributed by atoms with Crippen LogP contribution in [0.15, 0.2) is 44.7 Å². The lowest BCUT2D eigenvalue weighted by Gasteiger charge is -2.04. The van der Waals surface area contributed by atoms with Gasteiger partial charge in [-0.3, -0.25) is 14.2 Å². The molecule has 0 N–H and O–H groups in total. The van der Waals surface area contributed by atoms with Gasteiger partial charge in [0, 0.05) is 19.3 Å². The smallest absolute Gasteiger partial charge is 0.331 e. The zero-order valence-corrected chi connectivity index (χ0v) is 9.12. The Morgan fingerprint density at radius 3 is 2.76 bits per heavy atom. The molecule has 0 aliphatic rings. The number of hydrogen-bond donors (Lipinski definition) is 0. The van der Waals surface area contributed by atoms with Crippen LogP contribution >= 0.6 is 0 Å². The van der Waals surface area contributed by atoms with Crippen molar-refractivity contribution >= 4 is 5.78 Å². The van der Waals surface area contributed by atoms with Crippen molar-refractivity contribution in [1.29, 1.82) is 0 Å². The minimum absolute atomic E-state index is 0.128. The quantitative estimate of drug-likeness (QED) is 0.702. The molecular formula is C11H10N2O4. The molecule has 0 saturated carbocycles. The molecule has 0 fully saturated rings. The third-order valence-corrected chi connectivity index (χ3v) is 2.34. The van der Waals surface area contributed by atoms with Gasteiger partial charge in [0.15, 0.2) is 5.76 Å². The van der Waals surface area contributed by atoms with Gasteiger partial charge in [0.1, 0.15) is 0 Å². The van der Waals surface area contributed by atoms with Gasteiger partial charge >= 0.3 is 5.69 Å². The lowest BCUT2D eigenvalue weighted by atomic mass is 10.3. The van der Waals surface area contributed by atoms with E-state index in [0.29, 0.717) is 0 Å². The van der Waals surface area contributed by atoms with Crippen molar-refractivity contribution in [1.82, 2.24) is 9.13 Å². The van der Waals surface area contributed by atoms with Gasteiger partial charge in [-0.1, -0.05) is 0 Å². The van der Waals surface area contributed by atoms with Crippen molar-refractivity contribution in [2.75, 3.05) is 0 Å². The average Bonchev–Trinajstić information content (AvgIpc) is 2.83. The summed E-state index contributed by atoms with van der Waals surface area (Å²) in [5, 5.41) is 0. The van der Waals surface area contributed by atoms with E-state index in [1.54, 1.807) is 6.07 Å². The number of hydrogen-bond acceptors (Lipinski definition) is 4. The standard InChI is InChI=1S/C11H10N2O4/c1-12-5-4-10(15)13(11(12)16)7-8(14)9-3-2-6-17-9/h2-6H,7H2,1H3. The molecule has 0 bridgehead atoms. The Morgan fingerprint density at radius 1 is 1.35 bits per heavy atom. The molecule has 0 unspecified atom stereocenters. The second kappa shape index (κ2) is 4.25. The normalized spacial score (nSPS) is 10.4. The molecule has 0 aliphatic carbocycles. The summed E-state index contributed by atoms with van der Waals surface area (Å²) >= 11 is 0. The number of aromatic nitrogens is 2. The van der Waals surface area contributed by atoms with Crippen molar-refractivity contribution in [2.24, 2.45) is 7.05 Å². The maximum Gasteiger partial charge on any atom is 0.331 e. The maximum absolute atomic E-state index is 11.7. The van der Waals surface area contributed by atoms with Gasteiger partial charge in [0.05, 0.1) is 12.8 Å². The molecule has 0 atom stereocenters. The minimum Gasteiger partial charge on any atom is -0.461 e. The van der Waals surface area contributed by atoms with E-state index in [4.69, 9.17) is 4.42 Å². The van der Waals surface area contributed by atoms with Crippen LogP contribution in [0.1, 0.15) is 10.6 Å². The summed E-state index contributed by atoms with van der Waals surface area (Å²) in [4.78, 5) is 34.8. The third-order valence-electron chi connectivity index (χ3n) is 2.34. The second-order valence-electron chi connectivity index (χ2n) is 3.53. The summed E-state index contributed by atoms with van der Waals surface area (Å²) < 4.78 is 7.00. The van der Waals surface area contributed by atoms with Crippen LogP contribution in [0.5, 0.6) is 0 Å². The maximum atomic E-state index is 11.7. The number of aryl methyl sites for hydroxylation is 1. The van der Waals surface area contributed by atoms with Gasteiger partial charge in [-0.15, -0.1) is 0 Å². The predicted molar refractivity (Wildman–Crippen MR) is 59.0 cm³/mol. The molecule has 6 heteroatoms. The van der Waals surface area contributed by atoms with Gasteiger partial charge in [0.25, 0.3) is 5.56 Å². The summed E-state index contributed by atoms with van der Waals surface area (Å²) in [6.45, 7) is -0.320. The average molecular weight is 234 g/mol. The number of ketones is 1. The number of Topliss-reactive ketones (excluding diaryl/α,β-unsaturated/α-hetero) is 1. The van der Waals surface area contributed by atoms with E-state index in [0.717, 1.165) is 4.57 Å². The fourth-order valence-electron chi connectivity index (χ4n) is 1.42. The Bertz CT molecular complexity index is 649. The first kappa shape index (κ1) is 11.1. The Balaban J connectivity index is 2.38. The monoisotopic (exact) mass is 234 g/mol. The molecule has 0 saturated heterocycles. The fourth-order valence-corrected chi connectivity index (χ4v) is 1.42. The zero-order valence-electron chi connectivity index (χ0n) is 9.12. The van der Waals surface area contributed by atoms with E-state index >= 15 is 0 Å². The molecule has 6 nitrogen and oxygen atoms in total. The third kappa shape index (κ3) is 2.10. The van der Waals surface area contributed by atoms with Gasteiger partial charge in [-0.2, -0.15) is 0 Å². The van der Waals surface area contributed by atoms with Crippen molar-refractivity contribution in [3.8, 4) is 0 Å². The van der Waals surface area contributed by atoms with Crippen molar-refractivity contribution in [3.63, 3.8) is 0 Å². The first-order chi connectivity index (χ1) is 8.09. The van der Waals surface area contributed by atoms with Crippen molar-refractivity contribution in [3.05, 3.63) is 57.3 Å². The van der Waals surface area contributed by atoms with Gasteiger partial charge in [-0.25, -0.2) is 4.79 Å². The molecular weight excluding hydrogens is 224 g/mol. The SMILES string of the molecule is Cn1ccc(=O)n(CC(=O)c2ccco2)c1=O. The predicted octanol–water partition coefficient (Wildman–Crippen LogP) is 0.0229. The summed E-state index contributed by atoms with van der Waals surface area (Å²) in [7, 11) is 1.51. The Kier molecular flexibility index (Phi) is 2.78. The van der Waals surface area contributed by atoms with Crippen LogP contribution in [0, 0.1) is 0 Å². The molecule has 0 spiro atoms. The van der Waals surface area contributed by atoms with E-state index < -0.39 is 17.0 Å². The molecule has 2 heterocycles. The van der Waals surface area contributed by atoms with Gasteiger partial charge in [-0.05, 0) is 12.1 Å².